The number of nitriles is 1. The molecule has 24 heavy (non-hydrogen) atoms. The van der Waals surface area contributed by atoms with Gasteiger partial charge in [-0.25, -0.2) is 4.98 Å². The monoisotopic (exact) mass is 348 g/mol. The van der Waals surface area contributed by atoms with Gasteiger partial charge in [0.1, 0.15) is 12.1 Å². The van der Waals surface area contributed by atoms with Crippen LogP contribution in [0.15, 0.2) is 18.3 Å². The van der Waals surface area contributed by atoms with Gasteiger partial charge in [-0.15, -0.1) is 0 Å². The number of rotatable bonds is 7. The Kier molecular flexibility index (Phi) is 6.44. The van der Waals surface area contributed by atoms with E-state index >= 15 is 0 Å². The summed E-state index contributed by atoms with van der Waals surface area (Å²) in [7, 11) is 0. The maximum absolute atomic E-state index is 12.5. The van der Waals surface area contributed by atoms with Crippen molar-refractivity contribution < 1.29 is 14.3 Å². The highest BCUT2D eigenvalue weighted by Crippen LogP contribution is 2.18. The van der Waals surface area contributed by atoms with Gasteiger partial charge in [0.2, 0.25) is 17.7 Å². The molecule has 8 heteroatoms. The van der Waals surface area contributed by atoms with E-state index in [1.807, 2.05) is 12.3 Å². The molecule has 2 rings (SSSR count). The summed E-state index contributed by atoms with van der Waals surface area (Å²) in [5.41, 5.74) is 0.482. The van der Waals surface area contributed by atoms with Crippen molar-refractivity contribution in [3.05, 3.63) is 23.9 Å². The van der Waals surface area contributed by atoms with Crippen LogP contribution < -0.4 is 10.1 Å². The van der Waals surface area contributed by atoms with Crippen LogP contribution in [-0.4, -0.2) is 58.9 Å². The molecule has 1 unspecified atom stereocenters. The number of likely N-dealkylation sites (tertiary alicyclic amines) is 1. The first kappa shape index (κ1) is 18.1. The molecule has 0 aromatic carbocycles. The molecule has 128 valence electrons. The second kappa shape index (κ2) is 8.55. The van der Waals surface area contributed by atoms with Crippen molar-refractivity contribution in [3.63, 3.8) is 0 Å². The Morgan fingerprint density at radius 1 is 1.58 bits per heavy atom. The lowest BCUT2D eigenvalue weighted by atomic mass is 10.1. The van der Waals surface area contributed by atoms with Gasteiger partial charge in [0, 0.05) is 19.2 Å². The molecule has 1 atom stereocenters. The van der Waals surface area contributed by atoms with Crippen LogP contribution in [0, 0.1) is 11.3 Å². The highest BCUT2D eigenvalue weighted by Gasteiger charge is 2.36. The summed E-state index contributed by atoms with van der Waals surface area (Å²) < 4.78 is 5.67. The summed E-state index contributed by atoms with van der Waals surface area (Å²) in [5, 5.41) is 11.6. The van der Waals surface area contributed by atoms with Crippen molar-refractivity contribution in [1.82, 2.24) is 15.2 Å². The van der Waals surface area contributed by atoms with Crippen LogP contribution in [0.4, 0.5) is 0 Å². The number of carbonyl (C=O) groups is 2. The van der Waals surface area contributed by atoms with Crippen LogP contribution in [0.25, 0.3) is 0 Å². The minimum Gasteiger partial charge on any atom is -0.471 e. The second-order valence-corrected chi connectivity index (χ2v) is 6.50. The molecule has 1 aliphatic rings. The Bertz CT molecular complexity index is 640. The van der Waals surface area contributed by atoms with Crippen LogP contribution in [0.5, 0.6) is 5.88 Å². The minimum absolute atomic E-state index is 0.0853. The van der Waals surface area contributed by atoms with Crippen molar-refractivity contribution in [2.75, 3.05) is 25.1 Å². The third-order valence-electron chi connectivity index (χ3n) is 3.60. The topological polar surface area (TPSA) is 95.3 Å². The van der Waals surface area contributed by atoms with Crippen LogP contribution in [0.3, 0.4) is 0 Å². The molecule has 2 amide bonds. The summed E-state index contributed by atoms with van der Waals surface area (Å²) in [6, 6.07) is 4.72. The first-order valence-electron chi connectivity index (χ1n) is 7.61. The zero-order valence-corrected chi connectivity index (χ0v) is 14.5. The Balaban J connectivity index is 1.86. The lowest BCUT2D eigenvalue weighted by Crippen LogP contribution is -2.61. The van der Waals surface area contributed by atoms with Gasteiger partial charge in [-0.3, -0.25) is 9.59 Å². The molecule has 1 fully saturated rings. The Hall–Kier alpha value is -2.27. The van der Waals surface area contributed by atoms with Crippen LogP contribution in [0.1, 0.15) is 18.9 Å². The smallest absolute Gasteiger partial charge is 0.245 e. The molecule has 2 heterocycles. The zero-order chi connectivity index (χ0) is 17.5. The predicted molar refractivity (Wildman–Crippen MR) is 90.6 cm³/mol. The molecule has 0 bridgehead atoms. The number of hydrogen-bond donors (Lipinski definition) is 1. The van der Waals surface area contributed by atoms with Gasteiger partial charge < -0.3 is 15.0 Å². The molecule has 1 aromatic heterocycles. The van der Waals surface area contributed by atoms with E-state index in [9.17, 15) is 9.59 Å². The van der Waals surface area contributed by atoms with Crippen molar-refractivity contribution in [2.24, 2.45) is 0 Å². The summed E-state index contributed by atoms with van der Waals surface area (Å²) in [4.78, 5) is 29.4. The lowest BCUT2D eigenvalue weighted by Gasteiger charge is -2.40. The maximum atomic E-state index is 12.5. The number of carbonyl (C=O) groups excluding carboxylic acids is 2. The van der Waals surface area contributed by atoms with E-state index in [0.717, 1.165) is 5.75 Å². The number of hydrogen-bond acceptors (Lipinski definition) is 6. The Morgan fingerprint density at radius 3 is 2.96 bits per heavy atom. The maximum Gasteiger partial charge on any atom is 0.245 e. The Morgan fingerprint density at radius 2 is 2.33 bits per heavy atom. The largest absolute Gasteiger partial charge is 0.471 e. The fourth-order valence-electron chi connectivity index (χ4n) is 2.37. The third kappa shape index (κ3) is 4.86. The first-order valence-corrected chi connectivity index (χ1v) is 9.00. The molecular weight excluding hydrogens is 328 g/mol. The number of ether oxygens (including phenoxy) is 1. The molecule has 0 spiro atoms. The molecule has 7 nitrogen and oxygen atoms in total. The lowest BCUT2D eigenvalue weighted by molar-refractivity contribution is -0.144. The molecule has 1 N–H and O–H groups in total. The number of pyridine rings is 1. The van der Waals surface area contributed by atoms with Gasteiger partial charge >= 0.3 is 0 Å². The molecule has 1 aliphatic heterocycles. The summed E-state index contributed by atoms with van der Waals surface area (Å²) in [5.74, 6) is 0.889. The standard InChI is InChI=1S/C16H20N4O3S/c1-11(21)19-14(4-6-24-2)16(22)20-9-13(10-20)23-15-7-12(8-17)3-5-18-15/h3,5,7,13-14H,4,6,9-10H2,1-2H3,(H,19,21). The van der Waals surface area contributed by atoms with Crippen molar-refractivity contribution in [1.29, 1.82) is 5.26 Å². The third-order valence-corrected chi connectivity index (χ3v) is 4.24. The predicted octanol–water partition coefficient (Wildman–Crippen LogP) is 0.801. The average Bonchev–Trinajstić information content (AvgIpc) is 2.53. The van der Waals surface area contributed by atoms with E-state index < -0.39 is 6.04 Å². The normalized spacial score (nSPS) is 15.1. The van der Waals surface area contributed by atoms with Crippen molar-refractivity contribution in [3.8, 4) is 11.9 Å². The van der Waals surface area contributed by atoms with E-state index in [1.54, 1.807) is 28.8 Å². The summed E-state index contributed by atoms with van der Waals surface area (Å²) in [6.07, 6.45) is 3.94. The number of thioether (sulfide) groups is 1. The molecule has 1 aromatic rings. The molecule has 0 saturated carbocycles. The average molecular weight is 348 g/mol. The quantitative estimate of drug-likeness (QED) is 0.783. The van der Waals surface area contributed by atoms with Gasteiger partial charge in [-0.1, -0.05) is 0 Å². The van der Waals surface area contributed by atoms with E-state index in [2.05, 4.69) is 10.3 Å². The molecule has 0 radical (unpaired) electrons. The van der Waals surface area contributed by atoms with Crippen LogP contribution >= 0.6 is 11.8 Å². The second-order valence-electron chi connectivity index (χ2n) is 5.51. The fourth-order valence-corrected chi connectivity index (χ4v) is 2.84. The van der Waals surface area contributed by atoms with Crippen LogP contribution in [0.2, 0.25) is 0 Å². The van der Waals surface area contributed by atoms with E-state index in [-0.39, 0.29) is 17.9 Å². The zero-order valence-electron chi connectivity index (χ0n) is 13.7. The summed E-state index contributed by atoms with van der Waals surface area (Å²) >= 11 is 1.64. The van der Waals surface area contributed by atoms with Gasteiger partial charge in [-0.05, 0) is 24.5 Å². The van der Waals surface area contributed by atoms with E-state index in [1.165, 1.54) is 13.1 Å². The molecular formula is C16H20N4O3S. The SMILES string of the molecule is CSCCC(NC(C)=O)C(=O)N1CC(Oc2cc(C#N)ccn2)C1. The number of nitrogens with one attached hydrogen (secondary N) is 1. The minimum atomic E-state index is -0.490. The number of aromatic nitrogens is 1. The highest BCUT2D eigenvalue weighted by molar-refractivity contribution is 7.98. The summed E-state index contributed by atoms with van der Waals surface area (Å²) in [6.45, 7) is 2.31. The fraction of sp³-hybridized carbons (Fsp3) is 0.500. The van der Waals surface area contributed by atoms with Gasteiger partial charge in [0.15, 0.2) is 0 Å². The van der Waals surface area contributed by atoms with Crippen molar-refractivity contribution in [2.45, 2.75) is 25.5 Å². The number of amides is 2. The number of nitrogens with zero attached hydrogens (tertiary/aromatic N) is 3. The van der Waals surface area contributed by atoms with Crippen molar-refractivity contribution >= 4 is 23.6 Å². The van der Waals surface area contributed by atoms with E-state index in [0.29, 0.717) is 31.0 Å². The highest BCUT2D eigenvalue weighted by atomic mass is 32.2. The van der Waals surface area contributed by atoms with E-state index in [4.69, 9.17) is 10.00 Å². The molecule has 0 aliphatic carbocycles. The Labute approximate surface area is 145 Å². The van der Waals surface area contributed by atoms with Gasteiger partial charge in [-0.2, -0.15) is 17.0 Å². The first-order chi connectivity index (χ1) is 11.5. The van der Waals surface area contributed by atoms with Crippen LogP contribution in [-0.2, 0) is 9.59 Å². The molecule has 1 saturated heterocycles. The van der Waals surface area contributed by atoms with Gasteiger partial charge in [0.05, 0.1) is 24.7 Å². The van der Waals surface area contributed by atoms with Gasteiger partial charge in [0.25, 0.3) is 0 Å².